The molecule has 0 saturated heterocycles. The molecule has 0 saturated carbocycles. The molecule has 0 amide bonds. The Labute approximate surface area is 106 Å². The summed E-state index contributed by atoms with van der Waals surface area (Å²) in [7, 11) is -3.13. The molecule has 0 radical (unpaired) electrons. The van der Waals surface area contributed by atoms with Gasteiger partial charge in [0, 0.05) is 0 Å². The van der Waals surface area contributed by atoms with Gasteiger partial charge in [0.2, 0.25) is 0 Å². The van der Waals surface area contributed by atoms with Gasteiger partial charge in [-0.2, -0.15) is 0 Å². The van der Waals surface area contributed by atoms with Crippen molar-refractivity contribution in [3.05, 3.63) is 0 Å². The van der Waals surface area contributed by atoms with Gasteiger partial charge in [-0.25, -0.2) is 0 Å². The summed E-state index contributed by atoms with van der Waals surface area (Å²) in [5, 5.41) is 0. The van der Waals surface area contributed by atoms with Gasteiger partial charge in [-0.1, -0.05) is 0 Å². The Hall–Kier alpha value is 2.32. The first-order valence-corrected chi connectivity index (χ1v) is 1.95. The molecule has 0 aliphatic heterocycles. The first-order valence-electron chi connectivity index (χ1n) is 0.651. The monoisotopic (exact) mass is 256 g/mol. The van der Waals surface area contributed by atoms with Gasteiger partial charge in [0.05, 0.1) is 0 Å². The summed E-state index contributed by atoms with van der Waals surface area (Å²) in [6.07, 6.45) is 0. The van der Waals surface area contributed by atoms with Crippen molar-refractivity contribution < 1.29 is 14.1 Å². The van der Waals surface area contributed by atoms with Crippen molar-refractivity contribution in [1.82, 2.24) is 0 Å². The fourth-order valence-electron chi connectivity index (χ4n) is 0. The SMILES string of the molecule is O=[Si](O)O.[AlH3].[BaH2].[LiH]. The second kappa shape index (κ2) is 15.8. The van der Waals surface area contributed by atoms with E-state index in [9.17, 15) is 0 Å². The van der Waals surface area contributed by atoms with Gasteiger partial charge in [-0.3, -0.25) is 4.46 Å². The summed E-state index contributed by atoms with van der Waals surface area (Å²) in [4.78, 5) is 14.3. The first-order chi connectivity index (χ1) is 1.73. The zero-order valence-electron chi connectivity index (χ0n) is 1.80. The Bertz CT molecular complexity index is 37.9. The Kier molecular flexibility index (Phi) is 51.3. The predicted molar refractivity (Wildman–Crippen MR) is 36.5 cm³/mol. The van der Waals surface area contributed by atoms with Crippen LogP contribution in [0, 0.1) is 0 Å². The van der Waals surface area contributed by atoms with Gasteiger partial charge in [0.25, 0.3) is 0 Å². The zero-order chi connectivity index (χ0) is 3.58. The van der Waals surface area contributed by atoms with Crippen LogP contribution in [0.15, 0.2) is 0 Å². The van der Waals surface area contributed by atoms with Crippen molar-refractivity contribution in [3.63, 3.8) is 0 Å². The Morgan fingerprint density at radius 1 is 1.29 bits per heavy atom. The molecule has 0 atom stereocenters. The molecule has 0 aromatic rings. The second-order valence-electron chi connectivity index (χ2n) is 0.283. The van der Waals surface area contributed by atoms with Crippen LogP contribution in [0.25, 0.3) is 0 Å². The molecule has 0 rings (SSSR count). The fourth-order valence-corrected chi connectivity index (χ4v) is 0. The third kappa shape index (κ3) is 61.8. The van der Waals surface area contributed by atoms with Crippen molar-refractivity contribution in [2.75, 3.05) is 0 Å². The van der Waals surface area contributed by atoms with Crippen molar-refractivity contribution >= 4 is 94.3 Å². The molecule has 7 heteroatoms. The molecular weight excluding hydrogens is 247 g/mol. The third-order valence-corrected chi connectivity index (χ3v) is 0. The third-order valence-electron chi connectivity index (χ3n) is 0. The van der Waals surface area contributed by atoms with Crippen LogP contribution in [0.5, 0.6) is 0 Å². The average Bonchev–Trinajstić information content (AvgIpc) is 0.811. The minimum atomic E-state index is -3.13. The molecule has 0 spiro atoms. The van der Waals surface area contributed by atoms with Gasteiger partial charge in [0.15, 0.2) is 17.4 Å². The van der Waals surface area contributed by atoms with Crippen molar-refractivity contribution in [1.29, 1.82) is 0 Å². The summed E-state index contributed by atoms with van der Waals surface area (Å²) in [5.41, 5.74) is 0. The summed E-state index contributed by atoms with van der Waals surface area (Å²) in [5.74, 6) is 0. The predicted octanol–water partition coefficient (Wildman–Crippen LogP) is -4.36. The molecular formula is H8AlBaLiO3Si. The van der Waals surface area contributed by atoms with E-state index in [0.717, 1.165) is 0 Å². The molecule has 0 aromatic heterocycles. The summed E-state index contributed by atoms with van der Waals surface area (Å²) < 4.78 is 8.74. The normalized spacial score (nSPS) is 3.43. The van der Waals surface area contributed by atoms with Gasteiger partial charge in [0.1, 0.15) is 0 Å². The molecule has 3 nitrogen and oxygen atoms in total. The van der Waals surface area contributed by atoms with E-state index in [1.165, 1.54) is 0 Å². The zero-order valence-corrected chi connectivity index (χ0v) is 2.80. The van der Waals surface area contributed by atoms with Gasteiger partial charge in [-0.05, 0) is 0 Å². The fraction of sp³-hybridized carbons (Fsp3) is 0. The molecule has 0 aliphatic rings. The topological polar surface area (TPSA) is 57.5 Å². The van der Waals surface area contributed by atoms with E-state index in [2.05, 4.69) is 0 Å². The standard InChI is InChI=1S/Al.Ba.Li.H2O3Si.6H/c;;;1-4(2)3;;;;;;/h;;;1-2H;;;;;;. The Morgan fingerprint density at radius 3 is 1.29 bits per heavy atom. The molecule has 0 unspecified atom stereocenters. The maximum atomic E-state index is 8.74. The van der Waals surface area contributed by atoms with Crippen LogP contribution in [0.1, 0.15) is 0 Å². The van der Waals surface area contributed by atoms with E-state index in [-0.39, 0.29) is 85.1 Å². The summed E-state index contributed by atoms with van der Waals surface area (Å²) in [6.45, 7) is 0. The molecule has 7 heavy (non-hydrogen) atoms. The quantitative estimate of drug-likeness (QED) is 0.430. The molecule has 2 N–H and O–H groups in total. The van der Waals surface area contributed by atoms with Crippen molar-refractivity contribution in [3.8, 4) is 0 Å². The summed E-state index contributed by atoms with van der Waals surface area (Å²) >= 11 is 0. The van der Waals surface area contributed by atoms with Crippen LogP contribution in [-0.4, -0.2) is 104 Å². The minimum absolute atomic E-state index is 0. The van der Waals surface area contributed by atoms with Crippen LogP contribution in [-0.2, 0) is 4.46 Å². The number of rotatable bonds is 0. The molecule has 0 heterocycles. The van der Waals surface area contributed by atoms with E-state index in [1.807, 2.05) is 0 Å². The van der Waals surface area contributed by atoms with E-state index in [4.69, 9.17) is 14.1 Å². The van der Waals surface area contributed by atoms with Gasteiger partial charge < -0.3 is 9.59 Å². The Balaban J connectivity index is -0.0000000150. The van der Waals surface area contributed by atoms with E-state index in [0.29, 0.717) is 0 Å². The molecule has 0 aliphatic carbocycles. The van der Waals surface area contributed by atoms with E-state index >= 15 is 0 Å². The van der Waals surface area contributed by atoms with Gasteiger partial charge >= 0.3 is 76.9 Å². The average molecular weight is 255 g/mol. The number of hydrogen-bond acceptors (Lipinski definition) is 1. The maximum absolute atomic E-state index is 8.74. The van der Waals surface area contributed by atoms with Crippen molar-refractivity contribution in [2.45, 2.75) is 0 Å². The first kappa shape index (κ1) is 22.8. The molecule has 0 fully saturated rings. The molecule has 0 bridgehead atoms. The number of hydrogen-bond donors (Lipinski definition) is 2. The van der Waals surface area contributed by atoms with Crippen LogP contribution in [0.4, 0.5) is 0 Å². The van der Waals surface area contributed by atoms with Crippen molar-refractivity contribution in [2.24, 2.45) is 0 Å². The molecule has 36 valence electrons. The second-order valence-corrected chi connectivity index (χ2v) is 0.848. The van der Waals surface area contributed by atoms with Crippen LogP contribution >= 0.6 is 0 Å². The van der Waals surface area contributed by atoms with Gasteiger partial charge in [-0.15, -0.1) is 0 Å². The van der Waals surface area contributed by atoms with Crippen LogP contribution in [0.3, 0.4) is 0 Å². The molecule has 0 aromatic carbocycles. The Morgan fingerprint density at radius 2 is 1.29 bits per heavy atom. The van der Waals surface area contributed by atoms with Crippen LogP contribution < -0.4 is 0 Å². The van der Waals surface area contributed by atoms with Crippen LogP contribution in [0.2, 0.25) is 0 Å². The van der Waals surface area contributed by atoms with E-state index in [1.54, 1.807) is 0 Å². The summed E-state index contributed by atoms with van der Waals surface area (Å²) in [6, 6.07) is 0. The van der Waals surface area contributed by atoms with E-state index < -0.39 is 9.17 Å².